The second-order valence-electron chi connectivity index (χ2n) is 5.73. The Morgan fingerprint density at radius 3 is 3.11 bits per heavy atom. The summed E-state index contributed by atoms with van der Waals surface area (Å²) in [5.74, 6) is 4.45. The van der Waals surface area contributed by atoms with E-state index in [-0.39, 0.29) is 11.5 Å². The number of hydrogen-bond donors (Lipinski definition) is 1. The highest BCUT2D eigenvalue weighted by molar-refractivity contribution is 7.99. The maximum atomic E-state index is 10.2. The first kappa shape index (κ1) is 13.6. The summed E-state index contributed by atoms with van der Waals surface area (Å²) in [4.78, 5) is 0. The van der Waals surface area contributed by atoms with Crippen LogP contribution in [0.4, 0.5) is 0 Å². The standard InChI is InChI=1S/C15H21NOS/c1-4-8-18-9-7-16-6-5-12-13(16)10-15(2,3)11-14(12)17/h1,5-6,14,17H,7-11H2,2-3H3. The Balaban J connectivity index is 2.08. The molecule has 0 saturated heterocycles. The summed E-state index contributed by atoms with van der Waals surface area (Å²) in [5.41, 5.74) is 2.62. The minimum absolute atomic E-state index is 0.189. The molecule has 98 valence electrons. The molecule has 1 aromatic rings. The molecule has 1 aromatic heterocycles. The molecule has 0 aromatic carbocycles. The Hall–Kier alpha value is -0.850. The Morgan fingerprint density at radius 1 is 1.61 bits per heavy atom. The van der Waals surface area contributed by atoms with Crippen LogP contribution in [0.5, 0.6) is 0 Å². The van der Waals surface area contributed by atoms with Gasteiger partial charge in [-0.25, -0.2) is 0 Å². The van der Waals surface area contributed by atoms with Gasteiger partial charge in [-0.3, -0.25) is 0 Å². The fraction of sp³-hybridized carbons (Fsp3) is 0.600. The van der Waals surface area contributed by atoms with Crippen molar-refractivity contribution < 1.29 is 5.11 Å². The molecule has 0 fully saturated rings. The van der Waals surface area contributed by atoms with Crippen molar-refractivity contribution in [3.8, 4) is 12.3 Å². The van der Waals surface area contributed by atoms with Crippen LogP contribution in [0.25, 0.3) is 0 Å². The van der Waals surface area contributed by atoms with E-state index in [0.29, 0.717) is 0 Å². The monoisotopic (exact) mass is 263 g/mol. The highest BCUT2D eigenvalue weighted by atomic mass is 32.2. The number of aliphatic hydroxyl groups is 1. The fourth-order valence-electron chi connectivity index (χ4n) is 2.69. The van der Waals surface area contributed by atoms with Gasteiger partial charge in [-0.05, 0) is 24.3 Å². The van der Waals surface area contributed by atoms with Crippen LogP contribution >= 0.6 is 11.8 Å². The highest BCUT2D eigenvalue weighted by Crippen LogP contribution is 2.41. The second-order valence-corrected chi connectivity index (χ2v) is 6.83. The van der Waals surface area contributed by atoms with Crippen LogP contribution in [-0.2, 0) is 13.0 Å². The lowest BCUT2D eigenvalue weighted by atomic mass is 9.75. The third-order valence-corrected chi connectivity index (χ3v) is 4.37. The van der Waals surface area contributed by atoms with Crippen molar-refractivity contribution in [3.05, 3.63) is 23.5 Å². The van der Waals surface area contributed by atoms with E-state index in [1.54, 1.807) is 11.8 Å². The van der Waals surface area contributed by atoms with E-state index in [2.05, 4.69) is 36.6 Å². The van der Waals surface area contributed by atoms with Gasteiger partial charge in [-0.1, -0.05) is 19.8 Å². The maximum absolute atomic E-state index is 10.2. The van der Waals surface area contributed by atoms with E-state index >= 15 is 0 Å². The molecule has 1 aliphatic carbocycles. The SMILES string of the molecule is C#CCSCCn1ccc2c1CC(C)(C)CC2O. The fourth-order valence-corrected chi connectivity index (χ4v) is 3.28. The van der Waals surface area contributed by atoms with E-state index in [9.17, 15) is 5.11 Å². The molecule has 1 N–H and O–H groups in total. The average molecular weight is 263 g/mol. The summed E-state index contributed by atoms with van der Waals surface area (Å²) in [6.45, 7) is 5.43. The van der Waals surface area contributed by atoms with Gasteiger partial charge in [-0.2, -0.15) is 0 Å². The smallest absolute Gasteiger partial charge is 0.0812 e. The van der Waals surface area contributed by atoms with Crippen molar-refractivity contribution in [1.82, 2.24) is 4.57 Å². The predicted octanol–water partition coefficient (Wildman–Crippen LogP) is 2.86. The first-order valence-electron chi connectivity index (χ1n) is 6.41. The van der Waals surface area contributed by atoms with Crippen molar-refractivity contribution in [2.24, 2.45) is 5.41 Å². The topological polar surface area (TPSA) is 25.2 Å². The molecular formula is C15H21NOS. The lowest BCUT2D eigenvalue weighted by Gasteiger charge is -2.34. The summed E-state index contributed by atoms with van der Waals surface area (Å²) in [6.07, 6.45) is 8.95. The second kappa shape index (κ2) is 5.42. The van der Waals surface area contributed by atoms with Crippen molar-refractivity contribution >= 4 is 11.8 Å². The van der Waals surface area contributed by atoms with Gasteiger partial charge in [0.05, 0.1) is 11.9 Å². The van der Waals surface area contributed by atoms with Gasteiger partial charge >= 0.3 is 0 Å². The lowest BCUT2D eigenvalue weighted by molar-refractivity contribution is 0.0980. The summed E-state index contributed by atoms with van der Waals surface area (Å²) in [5, 5.41) is 10.2. The van der Waals surface area contributed by atoms with Crippen molar-refractivity contribution in [2.45, 2.75) is 39.3 Å². The van der Waals surface area contributed by atoms with Crippen LogP contribution in [0.2, 0.25) is 0 Å². The van der Waals surface area contributed by atoms with Gasteiger partial charge in [0.15, 0.2) is 0 Å². The summed E-state index contributed by atoms with van der Waals surface area (Å²) >= 11 is 1.78. The molecule has 0 saturated carbocycles. The zero-order valence-electron chi connectivity index (χ0n) is 11.1. The van der Waals surface area contributed by atoms with Crippen LogP contribution in [0.3, 0.4) is 0 Å². The number of terminal acetylenes is 1. The molecule has 1 unspecified atom stereocenters. The molecule has 2 rings (SSSR count). The van der Waals surface area contributed by atoms with E-state index in [1.807, 2.05) is 0 Å². The molecule has 1 heterocycles. The van der Waals surface area contributed by atoms with Crippen LogP contribution in [0.15, 0.2) is 12.3 Å². The van der Waals surface area contributed by atoms with E-state index < -0.39 is 0 Å². The molecule has 2 nitrogen and oxygen atoms in total. The Kier molecular flexibility index (Phi) is 4.09. The van der Waals surface area contributed by atoms with Crippen LogP contribution in [0.1, 0.15) is 37.6 Å². The van der Waals surface area contributed by atoms with Crippen LogP contribution in [-0.4, -0.2) is 21.2 Å². The third kappa shape index (κ3) is 2.93. The molecule has 0 aliphatic heterocycles. The first-order chi connectivity index (χ1) is 8.53. The quantitative estimate of drug-likeness (QED) is 0.667. The van der Waals surface area contributed by atoms with Crippen LogP contribution < -0.4 is 0 Å². The molecule has 0 bridgehead atoms. The Morgan fingerprint density at radius 2 is 2.39 bits per heavy atom. The molecule has 1 atom stereocenters. The van der Waals surface area contributed by atoms with E-state index in [4.69, 9.17) is 6.42 Å². The van der Waals surface area contributed by atoms with E-state index in [0.717, 1.165) is 36.5 Å². The zero-order chi connectivity index (χ0) is 13.2. The number of hydrogen-bond acceptors (Lipinski definition) is 2. The van der Waals surface area contributed by atoms with Gasteiger partial charge < -0.3 is 9.67 Å². The summed E-state index contributed by atoms with van der Waals surface area (Å²) in [7, 11) is 0. The van der Waals surface area contributed by atoms with Gasteiger partial charge in [-0.15, -0.1) is 18.2 Å². The molecule has 18 heavy (non-hydrogen) atoms. The zero-order valence-corrected chi connectivity index (χ0v) is 12.0. The predicted molar refractivity (Wildman–Crippen MR) is 77.7 cm³/mol. The van der Waals surface area contributed by atoms with Crippen molar-refractivity contribution in [2.75, 3.05) is 11.5 Å². The number of rotatable bonds is 4. The molecule has 0 spiro atoms. The molecule has 0 radical (unpaired) electrons. The normalized spacial score (nSPS) is 21.3. The Bertz CT molecular complexity index is 456. The summed E-state index contributed by atoms with van der Waals surface area (Å²) < 4.78 is 2.28. The number of nitrogens with zero attached hydrogens (tertiary/aromatic N) is 1. The number of aryl methyl sites for hydroxylation is 1. The first-order valence-corrected chi connectivity index (χ1v) is 7.56. The summed E-state index contributed by atoms with van der Waals surface area (Å²) in [6, 6.07) is 2.07. The number of fused-ring (bicyclic) bond motifs is 1. The number of aliphatic hydroxyl groups excluding tert-OH is 1. The molecule has 3 heteroatoms. The average Bonchev–Trinajstić information content (AvgIpc) is 2.66. The van der Waals surface area contributed by atoms with E-state index in [1.165, 1.54) is 5.69 Å². The van der Waals surface area contributed by atoms with Gasteiger partial charge in [0, 0.05) is 29.8 Å². The molecule has 1 aliphatic rings. The number of aromatic nitrogens is 1. The third-order valence-electron chi connectivity index (χ3n) is 3.53. The Labute approximate surface area is 114 Å². The van der Waals surface area contributed by atoms with Crippen molar-refractivity contribution in [1.29, 1.82) is 0 Å². The molecular weight excluding hydrogens is 242 g/mol. The van der Waals surface area contributed by atoms with Crippen molar-refractivity contribution in [3.63, 3.8) is 0 Å². The van der Waals surface area contributed by atoms with Crippen LogP contribution in [0, 0.1) is 17.8 Å². The minimum Gasteiger partial charge on any atom is -0.388 e. The highest BCUT2D eigenvalue weighted by Gasteiger charge is 2.32. The lowest BCUT2D eigenvalue weighted by Crippen LogP contribution is -2.27. The van der Waals surface area contributed by atoms with Gasteiger partial charge in [0.25, 0.3) is 0 Å². The van der Waals surface area contributed by atoms with Gasteiger partial charge in [0.1, 0.15) is 0 Å². The minimum atomic E-state index is -0.302. The molecule has 0 amide bonds. The largest absolute Gasteiger partial charge is 0.388 e. The maximum Gasteiger partial charge on any atom is 0.0812 e. The number of thioether (sulfide) groups is 1. The van der Waals surface area contributed by atoms with Gasteiger partial charge in [0.2, 0.25) is 0 Å².